The summed E-state index contributed by atoms with van der Waals surface area (Å²) < 4.78 is 84.2. The Labute approximate surface area is 418 Å². The molecule has 10 rings (SSSR count). The Morgan fingerprint density at radius 3 is 2.46 bits per heavy atom. The number of amides is 1. The number of ether oxygens (including phenoxy) is 2. The maximum atomic E-state index is 14.7. The first-order valence-corrected chi connectivity index (χ1v) is 28.0. The van der Waals surface area contributed by atoms with E-state index in [1.165, 1.54) is 35.7 Å². The van der Waals surface area contributed by atoms with Crippen LogP contribution in [-0.4, -0.2) is 122 Å². The SMILES string of the molecule is CC(C)c1ccccc1[C@H]1CN(S(C)(=O)=O)CC[C@H]1N1CC2(CCN(c3ccc(C(=O)NS(=O)(=O)c4cc5c(c([N+](=O)[O-])c4)N[C@@H]([C@H]4CC[C@](C)(O)CC4)CO5)c(Oc4cnc5[nH]cc(F)c5c4)c3)CC2)C1. The van der Waals surface area contributed by atoms with Gasteiger partial charge in [-0.2, -0.15) is 0 Å². The van der Waals surface area contributed by atoms with E-state index in [9.17, 15) is 41.2 Å². The molecule has 21 heteroatoms. The van der Waals surface area contributed by atoms with E-state index in [0.717, 1.165) is 50.7 Å². The molecular formula is C51H61FN8O10S2. The van der Waals surface area contributed by atoms with E-state index in [4.69, 9.17) is 9.47 Å². The molecule has 1 spiro atoms. The number of nitro groups is 1. The number of likely N-dealkylation sites (tertiary alicyclic amines) is 1. The normalized spacial score (nSPS) is 24.8. The zero-order valence-electron chi connectivity index (χ0n) is 40.8. The zero-order valence-corrected chi connectivity index (χ0v) is 42.4. The van der Waals surface area contributed by atoms with Crippen molar-refractivity contribution in [3.8, 4) is 17.2 Å². The van der Waals surface area contributed by atoms with Crippen LogP contribution in [0.2, 0.25) is 0 Å². The number of aromatic nitrogens is 2. The van der Waals surface area contributed by atoms with Crippen molar-refractivity contribution in [3.63, 3.8) is 0 Å². The molecular weight excluding hydrogens is 968 g/mol. The summed E-state index contributed by atoms with van der Waals surface area (Å²) in [5, 5.41) is 26.2. The molecule has 1 aliphatic carbocycles. The van der Waals surface area contributed by atoms with Gasteiger partial charge in [-0.1, -0.05) is 38.1 Å². The van der Waals surface area contributed by atoms with Crippen LogP contribution in [0.25, 0.3) is 11.0 Å². The molecule has 72 heavy (non-hydrogen) atoms. The van der Waals surface area contributed by atoms with Crippen molar-refractivity contribution in [1.82, 2.24) is 23.9 Å². The van der Waals surface area contributed by atoms with Gasteiger partial charge in [0.15, 0.2) is 11.4 Å². The van der Waals surface area contributed by atoms with Crippen molar-refractivity contribution >= 4 is 54.0 Å². The van der Waals surface area contributed by atoms with Gasteiger partial charge in [0.1, 0.15) is 29.6 Å². The van der Waals surface area contributed by atoms with Crippen molar-refractivity contribution < 1.29 is 45.5 Å². The molecule has 384 valence electrons. The Morgan fingerprint density at radius 1 is 1.01 bits per heavy atom. The fourth-order valence-corrected chi connectivity index (χ4v) is 13.6. The van der Waals surface area contributed by atoms with Gasteiger partial charge in [-0.3, -0.25) is 19.8 Å². The van der Waals surface area contributed by atoms with Gasteiger partial charge in [0.2, 0.25) is 10.0 Å². The van der Waals surface area contributed by atoms with Crippen LogP contribution in [0, 0.1) is 27.3 Å². The van der Waals surface area contributed by atoms with Gasteiger partial charge in [0.25, 0.3) is 21.6 Å². The molecule has 6 heterocycles. The number of carbonyl (C=O) groups is 1. The standard InChI is InChI=1S/C51H61FN8O10S2/c1-31(2)36-7-5-6-8-37(36)40-27-59(71(4,65)66)18-13-43(40)58-29-51(30-58)16-19-57(20-17-51)33-9-10-38(45(21-33)70-34-22-39-41(52)26-54-48(39)53-25-34)49(61)56-72(67,68)35-23-44(60(63)64)47-46(24-35)69-28-42(55-47)32-11-14-50(3,62)15-12-32/h5-10,21-26,31-32,40,42-43,55,62H,11-20,27-30H2,1-4H3,(H,53,54)(H,56,61)/t32-,40-,42-,43-,50-/m1/s1. The first-order chi connectivity index (χ1) is 34.2. The summed E-state index contributed by atoms with van der Waals surface area (Å²) in [7, 11) is -8.12. The highest BCUT2D eigenvalue weighted by Crippen LogP contribution is 2.48. The van der Waals surface area contributed by atoms with E-state index in [2.05, 4.69) is 55.8 Å². The summed E-state index contributed by atoms with van der Waals surface area (Å²) in [5.41, 5.74) is 2.06. The lowest BCUT2D eigenvalue weighted by Crippen LogP contribution is -2.65. The highest BCUT2D eigenvalue weighted by molar-refractivity contribution is 7.90. The first-order valence-electron chi connectivity index (χ1n) is 24.6. The minimum Gasteiger partial charge on any atom is -0.489 e. The largest absolute Gasteiger partial charge is 0.489 e. The molecule has 3 aromatic carbocycles. The maximum absolute atomic E-state index is 14.7. The summed E-state index contributed by atoms with van der Waals surface area (Å²) in [6, 6.07) is 16.6. The number of anilines is 2. The fraction of sp³-hybridized carbons (Fsp3) is 0.490. The number of H-pyrrole nitrogens is 1. The number of nitrogens with one attached hydrogen (secondary N) is 3. The summed E-state index contributed by atoms with van der Waals surface area (Å²) in [6.07, 6.45) is 8.80. The number of pyridine rings is 1. The Kier molecular flexibility index (Phi) is 13.0. The Morgan fingerprint density at radius 2 is 1.75 bits per heavy atom. The van der Waals surface area contributed by atoms with Crippen LogP contribution in [0.1, 0.15) is 99.0 Å². The van der Waals surface area contributed by atoms with Gasteiger partial charge in [-0.25, -0.2) is 35.2 Å². The third-order valence-electron chi connectivity index (χ3n) is 15.9. The van der Waals surface area contributed by atoms with E-state index < -0.39 is 52.9 Å². The number of sulfonamides is 2. The molecule has 1 saturated carbocycles. The second kappa shape index (κ2) is 18.9. The second-order valence-corrected chi connectivity index (χ2v) is 24.8. The van der Waals surface area contributed by atoms with Crippen LogP contribution in [0.3, 0.4) is 0 Å². The molecule has 5 aliphatic rings. The first kappa shape index (κ1) is 49.7. The minimum atomic E-state index is -4.75. The average Bonchev–Trinajstić information content (AvgIpc) is 3.71. The van der Waals surface area contributed by atoms with Gasteiger partial charge in [0.05, 0.1) is 44.9 Å². The van der Waals surface area contributed by atoms with Crippen molar-refractivity contribution in [2.45, 2.75) is 100 Å². The molecule has 0 unspecified atom stereocenters. The average molecular weight is 1030 g/mol. The monoisotopic (exact) mass is 1030 g/mol. The van der Waals surface area contributed by atoms with E-state index >= 15 is 0 Å². The number of halogens is 1. The van der Waals surface area contributed by atoms with E-state index in [1.54, 1.807) is 23.4 Å². The lowest BCUT2D eigenvalue weighted by atomic mass is 9.69. The third kappa shape index (κ3) is 9.84. The molecule has 18 nitrogen and oxygen atoms in total. The van der Waals surface area contributed by atoms with Gasteiger partial charge in [-0.05, 0) is 98.4 Å². The van der Waals surface area contributed by atoms with Gasteiger partial charge in [-0.15, -0.1) is 0 Å². The van der Waals surface area contributed by atoms with Crippen molar-refractivity contribution in [2.24, 2.45) is 11.3 Å². The minimum absolute atomic E-state index is 0.0280. The number of fused-ring (bicyclic) bond motifs is 2. The number of piperidine rings is 2. The molecule has 1 amide bonds. The number of carbonyl (C=O) groups excluding carboxylic acids is 1. The predicted molar refractivity (Wildman–Crippen MR) is 269 cm³/mol. The molecule has 4 fully saturated rings. The summed E-state index contributed by atoms with van der Waals surface area (Å²) >= 11 is 0. The highest BCUT2D eigenvalue weighted by Gasteiger charge is 2.50. The number of rotatable bonds is 12. The van der Waals surface area contributed by atoms with Crippen LogP contribution in [-0.2, 0) is 20.0 Å². The van der Waals surface area contributed by atoms with Crippen molar-refractivity contribution in [1.29, 1.82) is 0 Å². The second-order valence-electron chi connectivity index (χ2n) is 21.1. The van der Waals surface area contributed by atoms with Crippen LogP contribution in [0.15, 0.2) is 78.0 Å². The Bertz CT molecular complexity index is 3140. The number of aliphatic hydroxyl groups is 1. The molecule has 3 saturated heterocycles. The van der Waals surface area contributed by atoms with Crippen LogP contribution in [0.4, 0.5) is 21.5 Å². The van der Waals surface area contributed by atoms with Gasteiger partial charge < -0.3 is 29.8 Å². The number of aromatic amines is 1. The zero-order chi connectivity index (χ0) is 50.9. The fourth-order valence-electron chi connectivity index (χ4n) is 11.7. The van der Waals surface area contributed by atoms with E-state index in [0.29, 0.717) is 57.5 Å². The topological polar surface area (TPSA) is 230 Å². The quantitative estimate of drug-likeness (QED) is 0.0702. The number of benzene rings is 3. The Balaban J connectivity index is 0.866. The highest BCUT2D eigenvalue weighted by atomic mass is 32.2. The van der Waals surface area contributed by atoms with Crippen molar-refractivity contribution in [3.05, 3.63) is 106 Å². The number of nitrogens with zero attached hydrogens (tertiary/aromatic N) is 5. The number of nitro benzene ring substituents is 1. The molecule has 3 atom stereocenters. The summed E-state index contributed by atoms with van der Waals surface area (Å²) in [4.78, 5) is 37.0. The van der Waals surface area contributed by atoms with Crippen LogP contribution >= 0.6 is 0 Å². The molecule has 2 aromatic heterocycles. The van der Waals surface area contributed by atoms with Gasteiger partial charge in [0, 0.05) is 81.3 Å². The Hall–Kier alpha value is -5.87. The van der Waals surface area contributed by atoms with Crippen LogP contribution in [0.5, 0.6) is 17.2 Å². The number of hydrogen-bond donors (Lipinski definition) is 4. The molecule has 5 aromatic rings. The lowest BCUT2D eigenvalue weighted by molar-refractivity contribution is -0.384. The lowest BCUT2D eigenvalue weighted by Gasteiger charge is -2.59. The van der Waals surface area contributed by atoms with Crippen LogP contribution < -0.4 is 24.4 Å². The maximum Gasteiger partial charge on any atom is 0.297 e. The molecule has 0 bridgehead atoms. The third-order valence-corrected chi connectivity index (χ3v) is 18.4. The molecule has 4 N–H and O–H groups in total. The van der Waals surface area contributed by atoms with E-state index in [-0.39, 0.29) is 81.4 Å². The number of hydrogen-bond acceptors (Lipinski definition) is 14. The van der Waals surface area contributed by atoms with E-state index in [1.807, 2.05) is 12.1 Å². The molecule has 4 aliphatic heterocycles. The molecule has 0 radical (unpaired) electrons. The summed E-state index contributed by atoms with van der Waals surface area (Å²) in [5.74, 6) is -1.24. The van der Waals surface area contributed by atoms with Gasteiger partial charge >= 0.3 is 0 Å². The smallest absolute Gasteiger partial charge is 0.297 e. The van der Waals surface area contributed by atoms with Crippen molar-refractivity contribution in [2.75, 3.05) is 62.3 Å². The summed E-state index contributed by atoms with van der Waals surface area (Å²) in [6.45, 7) is 10.3. The predicted octanol–water partition coefficient (Wildman–Crippen LogP) is 7.48.